The van der Waals surface area contributed by atoms with E-state index in [1.165, 1.54) is 6.20 Å². The molecular weight excluding hydrogens is 335 g/mol. The Morgan fingerprint density at radius 3 is 2.72 bits per heavy atom. The van der Waals surface area contributed by atoms with Gasteiger partial charge in [-0.3, -0.25) is 4.79 Å². The topological polar surface area (TPSA) is 89.6 Å². The maximum absolute atomic E-state index is 13.7. The minimum Gasteiger partial charge on any atom is -0.364 e. The number of carbonyl (C=O) groups is 1. The van der Waals surface area contributed by atoms with E-state index in [9.17, 15) is 18.0 Å². The highest BCUT2D eigenvalue weighted by Crippen LogP contribution is 2.43. The van der Waals surface area contributed by atoms with Crippen LogP contribution in [0.1, 0.15) is 46.1 Å². The van der Waals surface area contributed by atoms with Gasteiger partial charge in [-0.05, 0) is 36.5 Å². The molecule has 1 fully saturated rings. The van der Waals surface area contributed by atoms with Crippen LogP contribution in [-0.2, 0) is 12.7 Å². The molecule has 1 aromatic carbocycles. The average molecular weight is 349 g/mol. The fraction of sp³-hybridized carbons (Fsp3) is 0.312. The minimum absolute atomic E-state index is 0.0311. The van der Waals surface area contributed by atoms with Crippen molar-refractivity contribution in [2.45, 2.75) is 31.5 Å². The summed E-state index contributed by atoms with van der Waals surface area (Å²) in [6, 6.07) is 5.16. The summed E-state index contributed by atoms with van der Waals surface area (Å²) in [5.41, 5.74) is 5.60. The SMILES string of the molecule is NC(=O)c1cn(Cc2[nH]c3ccc(C4CC4)cc3c2C(F)(F)F)nn1. The number of nitrogens with two attached hydrogens (primary N) is 1. The molecule has 1 aliphatic rings. The van der Waals surface area contributed by atoms with Crippen LogP contribution >= 0.6 is 0 Å². The third kappa shape index (κ3) is 2.86. The zero-order valence-electron chi connectivity index (χ0n) is 13.0. The van der Waals surface area contributed by atoms with Crippen LogP contribution in [-0.4, -0.2) is 25.9 Å². The number of aromatic nitrogens is 4. The van der Waals surface area contributed by atoms with Crippen LogP contribution in [0, 0.1) is 0 Å². The van der Waals surface area contributed by atoms with Crippen molar-refractivity contribution in [1.82, 2.24) is 20.0 Å². The van der Waals surface area contributed by atoms with Crippen LogP contribution in [0.25, 0.3) is 10.9 Å². The van der Waals surface area contributed by atoms with Crippen LogP contribution in [0.2, 0.25) is 0 Å². The number of benzene rings is 1. The minimum atomic E-state index is -4.51. The summed E-state index contributed by atoms with van der Waals surface area (Å²) in [5.74, 6) is -0.426. The van der Waals surface area contributed by atoms with Gasteiger partial charge in [0.05, 0.1) is 24.0 Å². The lowest BCUT2D eigenvalue weighted by molar-refractivity contribution is -0.137. The lowest BCUT2D eigenvalue weighted by atomic mass is 10.0. The van der Waals surface area contributed by atoms with Gasteiger partial charge >= 0.3 is 6.18 Å². The van der Waals surface area contributed by atoms with Gasteiger partial charge in [-0.25, -0.2) is 4.68 Å². The predicted octanol–water partition coefficient (Wildman–Crippen LogP) is 2.80. The van der Waals surface area contributed by atoms with E-state index in [0.29, 0.717) is 11.4 Å². The Morgan fingerprint density at radius 2 is 2.12 bits per heavy atom. The molecule has 0 radical (unpaired) electrons. The van der Waals surface area contributed by atoms with Crippen molar-refractivity contribution < 1.29 is 18.0 Å². The monoisotopic (exact) mass is 349 g/mol. The van der Waals surface area contributed by atoms with Crippen LogP contribution in [0.3, 0.4) is 0 Å². The number of aromatic amines is 1. The normalized spacial score (nSPS) is 15.0. The molecule has 2 heterocycles. The Kier molecular flexibility index (Phi) is 3.34. The molecule has 2 aromatic heterocycles. The van der Waals surface area contributed by atoms with Gasteiger partial charge in [0.2, 0.25) is 0 Å². The number of halogens is 3. The van der Waals surface area contributed by atoms with Gasteiger partial charge in [-0.1, -0.05) is 11.3 Å². The highest BCUT2D eigenvalue weighted by atomic mass is 19.4. The highest BCUT2D eigenvalue weighted by molar-refractivity contribution is 5.90. The van der Waals surface area contributed by atoms with Gasteiger partial charge in [-0.15, -0.1) is 5.10 Å². The summed E-state index contributed by atoms with van der Waals surface area (Å²) in [7, 11) is 0. The summed E-state index contributed by atoms with van der Waals surface area (Å²) in [5, 5.41) is 7.36. The Morgan fingerprint density at radius 1 is 1.36 bits per heavy atom. The lowest BCUT2D eigenvalue weighted by Gasteiger charge is -2.09. The zero-order valence-corrected chi connectivity index (χ0v) is 13.0. The molecule has 0 unspecified atom stereocenters. The molecule has 0 spiro atoms. The molecule has 0 saturated heterocycles. The van der Waals surface area contributed by atoms with Crippen LogP contribution < -0.4 is 5.73 Å². The second-order valence-corrected chi connectivity index (χ2v) is 6.22. The summed E-state index contributed by atoms with van der Waals surface area (Å²) >= 11 is 0. The van der Waals surface area contributed by atoms with E-state index in [-0.39, 0.29) is 23.3 Å². The number of nitrogens with zero attached hydrogens (tertiary/aromatic N) is 3. The van der Waals surface area contributed by atoms with Gasteiger partial charge in [0.25, 0.3) is 5.91 Å². The Balaban J connectivity index is 1.80. The molecule has 0 atom stereocenters. The van der Waals surface area contributed by atoms with Crippen molar-refractivity contribution in [2.75, 3.05) is 0 Å². The number of hydrogen-bond donors (Lipinski definition) is 2. The highest BCUT2D eigenvalue weighted by Gasteiger charge is 2.37. The first-order chi connectivity index (χ1) is 11.8. The van der Waals surface area contributed by atoms with Crippen molar-refractivity contribution >= 4 is 16.8 Å². The fourth-order valence-electron chi connectivity index (χ4n) is 3.03. The number of alkyl halides is 3. The van der Waals surface area contributed by atoms with Gasteiger partial charge in [0.15, 0.2) is 5.69 Å². The van der Waals surface area contributed by atoms with E-state index >= 15 is 0 Å². The van der Waals surface area contributed by atoms with Gasteiger partial charge in [-0.2, -0.15) is 13.2 Å². The first-order valence-corrected chi connectivity index (χ1v) is 7.74. The fourth-order valence-corrected chi connectivity index (χ4v) is 3.03. The van der Waals surface area contributed by atoms with Gasteiger partial charge in [0, 0.05) is 10.9 Å². The van der Waals surface area contributed by atoms with E-state index in [4.69, 9.17) is 5.73 Å². The van der Waals surface area contributed by atoms with Crippen LogP contribution in [0.5, 0.6) is 0 Å². The van der Waals surface area contributed by atoms with E-state index in [0.717, 1.165) is 23.1 Å². The van der Waals surface area contributed by atoms with E-state index < -0.39 is 17.6 Å². The van der Waals surface area contributed by atoms with Crippen LogP contribution in [0.4, 0.5) is 13.2 Å². The third-order valence-electron chi connectivity index (χ3n) is 4.34. The summed E-state index contributed by atoms with van der Waals surface area (Å²) in [6.07, 6.45) is -1.26. The molecule has 6 nitrogen and oxygen atoms in total. The third-order valence-corrected chi connectivity index (χ3v) is 4.34. The van der Waals surface area contributed by atoms with Crippen molar-refractivity contribution in [3.05, 3.63) is 46.9 Å². The van der Waals surface area contributed by atoms with E-state index in [2.05, 4.69) is 15.3 Å². The lowest BCUT2D eigenvalue weighted by Crippen LogP contribution is -2.12. The molecule has 3 aromatic rings. The quantitative estimate of drug-likeness (QED) is 0.759. The second kappa shape index (κ2) is 5.33. The van der Waals surface area contributed by atoms with Gasteiger partial charge < -0.3 is 10.7 Å². The summed E-state index contributed by atoms with van der Waals surface area (Å²) < 4.78 is 42.1. The molecule has 0 bridgehead atoms. The summed E-state index contributed by atoms with van der Waals surface area (Å²) in [6.45, 7) is -0.192. The van der Waals surface area contributed by atoms with Crippen molar-refractivity contribution in [2.24, 2.45) is 5.73 Å². The summed E-state index contributed by atoms with van der Waals surface area (Å²) in [4.78, 5) is 13.9. The smallest absolute Gasteiger partial charge is 0.364 e. The second-order valence-electron chi connectivity index (χ2n) is 6.22. The molecule has 1 saturated carbocycles. The molecular formula is C16H14F3N5O. The van der Waals surface area contributed by atoms with Crippen molar-refractivity contribution in [3.63, 3.8) is 0 Å². The molecule has 9 heteroatoms. The standard InChI is InChI=1S/C16H14F3N5O/c17-16(18,19)14-10-5-9(8-1-2-8)3-4-11(10)21-12(14)6-24-7-13(15(20)25)22-23-24/h3-5,7-8,21H,1-2,6H2,(H2,20,25). The number of fused-ring (bicyclic) bond motifs is 1. The maximum Gasteiger partial charge on any atom is 0.418 e. The first kappa shape index (κ1) is 15.7. The molecule has 0 aliphatic heterocycles. The number of amides is 1. The number of hydrogen-bond acceptors (Lipinski definition) is 3. The van der Waals surface area contributed by atoms with E-state index in [1.807, 2.05) is 6.07 Å². The Labute approximate surface area is 139 Å². The number of primary amides is 1. The zero-order chi connectivity index (χ0) is 17.8. The molecule has 1 aliphatic carbocycles. The number of nitrogens with one attached hydrogen (secondary N) is 1. The maximum atomic E-state index is 13.7. The van der Waals surface area contributed by atoms with Crippen LogP contribution in [0.15, 0.2) is 24.4 Å². The van der Waals surface area contributed by atoms with Gasteiger partial charge in [0.1, 0.15) is 0 Å². The molecule has 4 rings (SSSR count). The molecule has 130 valence electrons. The number of rotatable bonds is 4. The Hall–Kier alpha value is -2.84. The van der Waals surface area contributed by atoms with Crippen molar-refractivity contribution in [3.8, 4) is 0 Å². The molecule has 3 N–H and O–H groups in total. The van der Waals surface area contributed by atoms with E-state index in [1.54, 1.807) is 12.1 Å². The largest absolute Gasteiger partial charge is 0.418 e. The Bertz CT molecular complexity index is 968. The average Bonchev–Trinajstić information content (AvgIpc) is 3.15. The predicted molar refractivity (Wildman–Crippen MR) is 82.9 cm³/mol. The number of carbonyl (C=O) groups excluding carboxylic acids is 1. The number of H-pyrrole nitrogens is 1. The molecule has 25 heavy (non-hydrogen) atoms. The molecule has 1 amide bonds. The first-order valence-electron chi connectivity index (χ1n) is 7.74. The van der Waals surface area contributed by atoms with Crippen molar-refractivity contribution in [1.29, 1.82) is 0 Å².